The van der Waals surface area contributed by atoms with Crippen molar-refractivity contribution < 1.29 is 0 Å². The Morgan fingerprint density at radius 3 is 2.44 bits per heavy atom. The smallest absolute Gasteiger partial charge is 0.0999 e. The molecule has 0 bridgehead atoms. The fraction of sp³-hybridized carbons (Fsp3) is 0.333. The third-order valence-corrected chi connectivity index (χ3v) is 3.05. The Morgan fingerprint density at radius 1 is 1.22 bits per heavy atom. The summed E-state index contributed by atoms with van der Waals surface area (Å²) in [5.41, 5.74) is 8.30. The van der Waals surface area contributed by atoms with Crippen LogP contribution < -0.4 is 5.73 Å². The van der Waals surface area contributed by atoms with Crippen LogP contribution in [-0.2, 0) is 13.0 Å². The Balaban J connectivity index is 2.52. The maximum absolute atomic E-state index is 6.00. The number of hydrogen-bond acceptors (Lipinski definition) is 3. The van der Waals surface area contributed by atoms with Crippen molar-refractivity contribution >= 4 is 23.2 Å². The van der Waals surface area contributed by atoms with Gasteiger partial charge < -0.3 is 5.73 Å². The van der Waals surface area contributed by atoms with Crippen LogP contribution in [0.5, 0.6) is 0 Å². The molecule has 0 spiro atoms. The van der Waals surface area contributed by atoms with E-state index in [4.69, 9.17) is 28.9 Å². The number of nitrogens with two attached hydrogens (primary N) is 1. The second-order valence-electron chi connectivity index (χ2n) is 3.98. The molecule has 2 aromatic rings. The van der Waals surface area contributed by atoms with E-state index < -0.39 is 0 Å². The lowest BCUT2D eigenvalue weighted by Crippen LogP contribution is -2.06. The average Bonchev–Trinajstić information content (AvgIpc) is 2.71. The molecule has 0 fully saturated rings. The van der Waals surface area contributed by atoms with Gasteiger partial charge in [-0.05, 0) is 24.6 Å². The highest BCUT2D eigenvalue weighted by Gasteiger charge is 2.13. The molecule has 6 heteroatoms. The minimum atomic E-state index is 0.379. The Kier molecular flexibility index (Phi) is 4.22. The molecule has 0 unspecified atom stereocenters. The van der Waals surface area contributed by atoms with Gasteiger partial charge in [-0.15, -0.1) is 5.10 Å². The van der Waals surface area contributed by atoms with Gasteiger partial charge in [0.05, 0.1) is 17.1 Å². The lowest BCUT2D eigenvalue weighted by Gasteiger charge is -2.07. The molecule has 18 heavy (non-hydrogen) atoms. The van der Waals surface area contributed by atoms with Gasteiger partial charge in [0, 0.05) is 16.6 Å². The quantitative estimate of drug-likeness (QED) is 0.939. The van der Waals surface area contributed by atoms with E-state index in [1.165, 1.54) is 0 Å². The summed E-state index contributed by atoms with van der Waals surface area (Å²) in [7, 11) is 0. The van der Waals surface area contributed by atoms with Gasteiger partial charge in [-0.1, -0.05) is 41.8 Å². The number of rotatable bonds is 4. The molecule has 96 valence electrons. The first-order chi connectivity index (χ1) is 8.65. The van der Waals surface area contributed by atoms with Gasteiger partial charge in [0.25, 0.3) is 0 Å². The predicted molar refractivity (Wildman–Crippen MR) is 73.3 cm³/mol. The maximum Gasteiger partial charge on any atom is 0.0999 e. The molecule has 2 N–H and O–H groups in total. The molecule has 1 aromatic carbocycles. The first-order valence-corrected chi connectivity index (χ1v) is 6.51. The van der Waals surface area contributed by atoms with E-state index in [0.717, 1.165) is 29.9 Å². The third kappa shape index (κ3) is 2.66. The molecule has 0 radical (unpaired) electrons. The predicted octanol–water partition coefficient (Wildman–Crippen LogP) is 2.99. The van der Waals surface area contributed by atoms with Crippen molar-refractivity contribution in [3.8, 4) is 5.69 Å². The molecular formula is C12H14Cl2N4. The van der Waals surface area contributed by atoms with Gasteiger partial charge in [0.15, 0.2) is 0 Å². The second kappa shape index (κ2) is 5.69. The summed E-state index contributed by atoms with van der Waals surface area (Å²) in [6, 6.07) is 5.30. The molecule has 1 aromatic heterocycles. The van der Waals surface area contributed by atoms with Gasteiger partial charge in [0.1, 0.15) is 0 Å². The van der Waals surface area contributed by atoms with Crippen LogP contribution in [-0.4, -0.2) is 15.0 Å². The van der Waals surface area contributed by atoms with Crippen LogP contribution in [0.2, 0.25) is 10.0 Å². The van der Waals surface area contributed by atoms with Crippen LogP contribution in [0.15, 0.2) is 18.2 Å². The zero-order valence-corrected chi connectivity index (χ0v) is 11.5. The molecule has 0 aliphatic rings. The number of aromatic nitrogens is 3. The first kappa shape index (κ1) is 13.3. The van der Waals surface area contributed by atoms with Crippen LogP contribution in [0, 0.1) is 0 Å². The second-order valence-corrected chi connectivity index (χ2v) is 4.85. The molecular weight excluding hydrogens is 271 g/mol. The minimum Gasteiger partial charge on any atom is -0.325 e. The van der Waals surface area contributed by atoms with Crippen molar-refractivity contribution in [2.24, 2.45) is 5.73 Å². The zero-order valence-electron chi connectivity index (χ0n) is 10.0. The molecule has 0 atom stereocenters. The number of benzene rings is 1. The summed E-state index contributed by atoms with van der Waals surface area (Å²) in [4.78, 5) is 0. The lowest BCUT2D eigenvalue weighted by atomic mass is 10.2. The molecule has 0 saturated carbocycles. The van der Waals surface area contributed by atoms with Crippen LogP contribution in [0.25, 0.3) is 5.69 Å². The van der Waals surface area contributed by atoms with Crippen molar-refractivity contribution in [2.75, 3.05) is 0 Å². The number of hydrogen-bond donors (Lipinski definition) is 1. The van der Waals surface area contributed by atoms with E-state index in [9.17, 15) is 0 Å². The maximum atomic E-state index is 6.00. The fourth-order valence-electron chi connectivity index (χ4n) is 1.85. The summed E-state index contributed by atoms with van der Waals surface area (Å²) in [5, 5.41) is 9.37. The van der Waals surface area contributed by atoms with E-state index in [1.807, 2.05) is 12.1 Å². The van der Waals surface area contributed by atoms with E-state index in [1.54, 1.807) is 10.7 Å². The van der Waals surface area contributed by atoms with Crippen molar-refractivity contribution in [2.45, 2.75) is 26.3 Å². The highest BCUT2D eigenvalue weighted by atomic mass is 35.5. The molecule has 0 amide bonds. The minimum absolute atomic E-state index is 0.379. The largest absolute Gasteiger partial charge is 0.325 e. The Bertz CT molecular complexity index is 531. The van der Waals surface area contributed by atoms with E-state index in [-0.39, 0.29) is 0 Å². The summed E-state index contributed by atoms with van der Waals surface area (Å²) in [5.74, 6) is 0. The average molecular weight is 285 g/mol. The van der Waals surface area contributed by atoms with Crippen molar-refractivity contribution in [3.63, 3.8) is 0 Å². The van der Waals surface area contributed by atoms with E-state index in [2.05, 4.69) is 17.2 Å². The molecule has 0 saturated heterocycles. The van der Waals surface area contributed by atoms with Crippen molar-refractivity contribution in [1.29, 1.82) is 0 Å². The van der Waals surface area contributed by atoms with Crippen molar-refractivity contribution in [3.05, 3.63) is 39.6 Å². The SMILES string of the molecule is CCCc1c(CN)nnn1-c1cc(Cl)cc(Cl)c1. The van der Waals surface area contributed by atoms with Gasteiger partial charge >= 0.3 is 0 Å². The van der Waals surface area contributed by atoms with E-state index >= 15 is 0 Å². The first-order valence-electron chi connectivity index (χ1n) is 5.75. The normalized spacial score (nSPS) is 10.9. The molecule has 0 aliphatic heterocycles. The zero-order chi connectivity index (χ0) is 13.1. The van der Waals surface area contributed by atoms with Gasteiger partial charge in [0.2, 0.25) is 0 Å². The molecule has 4 nitrogen and oxygen atoms in total. The monoisotopic (exact) mass is 284 g/mol. The van der Waals surface area contributed by atoms with Gasteiger partial charge in [-0.25, -0.2) is 4.68 Å². The Morgan fingerprint density at radius 2 is 1.89 bits per heavy atom. The molecule has 0 aliphatic carbocycles. The van der Waals surface area contributed by atoms with Crippen LogP contribution in [0.4, 0.5) is 0 Å². The van der Waals surface area contributed by atoms with Crippen LogP contribution in [0.1, 0.15) is 24.7 Å². The van der Waals surface area contributed by atoms with Crippen LogP contribution >= 0.6 is 23.2 Å². The van der Waals surface area contributed by atoms with E-state index in [0.29, 0.717) is 16.6 Å². The molecule has 2 rings (SSSR count). The molecule has 1 heterocycles. The fourth-order valence-corrected chi connectivity index (χ4v) is 2.36. The lowest BCUT2D eigenvalue weighted by molar-refractivity contribution is 0.745. The van der Waals surface area contributed by atoms with Gasteiger partial charge in [-0.3, -0.25) is 0 Å². The number of halogens is 2. The Hall–Kier alpha value is -1.10. The summed E-state index contributed by atoms with van der Waals surface area (Å²) >= 11 is 12.0. The third-order valence-electron chi connectivity index (χ3n) is 2.62. The topological polar surface area (TPSA) is 56.7 Å². The summed E-state index contributed by atoms with van der Waals surface area (Å²) in [6.07, 6.45) is 1.86. The van der Waals surface area contributed by atoms with Crippen LogP contribution in [0.3, 0.4) is 0 Å². The standard InChI is InChI=1S/C12H14Cl2N4/c1-2-3-12-11(7-15)16-17-18(12)10-5-8(13)4-9(14)6-10/h4-6H,2-3,7,15H2,1H3. The highest BCUT2D eigenvalue weighted by Crippen LogP contribution is 2.23. The number of nitrogens with zero attached hydrogens (tertiary/aromatic N) is 3. The van der Waals surface area contributed by atoms with Gasteiger partial charge in [-0.2, -0.15) is 0 Å². The van der Waals surface area contributed by atoms with Crippen molar-refractivity contribution in [1.82, 2.24) is 15.0 Å². The Labute approximate surface area is 116 Å². The summed E-state index contributed by atoms with van der Waals surface area (Å²) < 4.78 is 1.75. The summed E-state index contributed by atoms with van der Waals surface area (Å²) in [6.45, 7) is 2.48. The highest BCUT2D eigenvalue weighted by molar-refractivity contribution is 6.34.